The summed E-state index contributed by atoms with van der Waals surface area (Å²) < 4.78 is 0. The second-order valence-corrected chi connectivity index (χ2v) is 5.73. The number of thiol groups is 1. The zero-order chi connectivity index (χ0) is 14.9. The molecule has 0 atom stereocenters. The van der Waals surface area contributed by atoms with E-state index in [-0.39, 0.29) is 0 Å². The van der Waals surface area contributed by atoms with Crippen molar-refractivity contribution >= 4 is 29.7 Å². The molecule has 0 spiro atoms. The predicted octanol–water partition coefficient (Wildman–Crippen LogP) is 4.58. The van der Waals surface area contributed by atoms with Gasteiger partial charge in [0, 0.05) is 24.7 Å². The molecule has 20 heavy (non-hydrogen) atoms. The molecule has 1 aliphatic rings. The molecular formula is C17H20N2S. The predicted molar refractivity (Wildman–Crippen MR) is 91.8 cm³/mol. The molecule has 1 aliphatic carbocycles. The van der Waals surface area contributed by atoms with Crippen LogP contribution >= 0.6 is 12.6 Å². The smallest absolute Gasteiger partial charge is 0.0771 e. The lowest BCUT2D eigenvalue weighted by atomic mass is 9.96. The molecule has 0 fully saturated rings. The van der Waals surface area contributed by atoms with Crippen molar-refractivity contribution < 1.29 is 0 Å². The second kappa shape index (κ2) is 5.71. The van der Waals surface area contributed by atoms with Crippen molar-refractivity contribution in [2.75, 3.05) is 19.0 Å². The molecule has 0 aliphatic heterocycles. The third-order valence-corrected chi connectivity index (χ3v) is 3.77. The molecule has 0 saturated carbocycles. The van der Waals surface area contributed by atoms with E-state index in [4.69, 9.17) is 0 Å². The van der Waals surface area contributed by atoms with Gasteiger partial charge in [-0.1, -0.05) is 12.7 Å². The maximum atomic E-state index is 4.69. The minimum absolute atomic E-state index is 0.868. The van der Waals surface area contributed by atoms with Crippen LogP contribution in [-0.4, -0.2) is 19.8 Å². The Hall–Kier alpha value is -1.74. The Morgan fingerprint density at radius 1 is 1.10 bits per heavy atom. The monoisotopic (exact) mass is 284 g/mol. The maximum Gasteiger partial charge on any atom is 0.0771 e. The average Bonchev–Trinajstić information content (AvgIpc) is 2.37. The fraction of sp³-hybridized carbons (Fsp3) is 0.235. The van der Waals surface area contributed by atoms with Gasteiger partial charge in [-0.2, -0.15) is 0 Å². The van der Waals surface area contributed by atoms with Crippen molar-refractivity contribution in [2.45, 2.75) is 18.7 Å². The van der Waals surface area contributed by atoms with Gasteiger partial charge < -0.3 is 4.90 Å². The van der Waals surface area contributed by atoms with Gasteiger partial charge in [-0.25, -0.2) is 4.99 Å². The van der Waals surface area contributed by atoms with E-state index in [1.54, 1.807) is 0 Å². The normalized spacial score (nSPS) is 17.1. The number of hydrogen-bond donors (Lipinski definition) is 1. The Bertz CT molecular complexity index is 649. The Kier molecular flexibility index (Phi) is 4.19. The number of rotatable bonds is 2. The Balaban J connectivity index is 2.39. The molecule has 0 unspecified atom stereocenters. The van der Waals surface area contributed by atoms with Crippen LogP contribution in [0.4, 0.5) is 11.4 Å². The van der Waals surface area contributed by atoms with E-state index in [1.165, 1.54) is 11.1 Å². The third kappa shape index (κ3) is 3.05. The molecule has 0 bridgehead atoms. The summed E-state index contributed by atoms with van der Waals surface area (Å²) in [5.74, 6) is 0. The minimum Gasteiger partial charge on any atom is -0.378 e. The van der Waals surface area contributed by atoms with Crippen LogP contribution in [0.3, 0.4) is 0 Å². The molecule has 0 N–H and O–H groups in total. The molecule has 104 valence electrons. The van der Waals surface area contributed by atoms with Gasteiger partial charge in [-0.15, -0.1) is 12.6 Å². The standard InChI is InChI=1S/C17H20N2S/c1-11-8-13(3)16(9-12(11)2)18-15-7-6-14(19(4)5)10-17(15)20/h6-10,20H,3H2,1-2,4-5H3/b18-16-. The lowest BCUT2D eigenvalue weighted by molar-refractivity contribution is 1.12. The Morgan fingerprint density at radius 3 is 2.35 bits per heavy atom. The van der Waals surface area contributed by atoms with Crippen LogP contribution < -0.4 is 4.90 Å². The Labute approximate surface area is 126 Å². The van der Waals surface area contributed by atoms with Gasteiger partial charge in [-0.3, -0.25) is 0 Å². The first kappa shape index (κ1) is 14.7. The molecule has 0 heterocycles. The lowest BCUT2D eigenvalue weighted by Crippen LogP contribution is -2.08. The van der Waals surface area contributed by atoms with E-state index >= 15 is 0 Å². The maximum absolute atomic E-state index is 4.69. The van der Waals surface area contributed by atoms with Crippen molar-refractivity contribution in [3.05, 3.63) is 53.6 Å². The summed E-state index contributed by atoms with van der Waals surface area (Å²) in [6.45, 7) is 8.24. The molecule has 0 saturated heterocycles. The quantitative estimate of drug-likeness (QED) is 0.786. The number of hydrogen-bond acceptors (Lipinski definition) is 3. The summed E-state index contributed by atoms with van der Waals surface area (Å²) in [5.41, 5.74) is 6.29. The van der Waals surface area contributed by atoms with E-state index in [0.717, 1.165) is 27.6 Å². The van der Waals surface area contributed by atoms with Crippen molar-refractivity contribution in [3.63, 3.8) is 0 Å². The largest absolute Gasteiger partial charge is 0.378 e. The van der Waals surface area contributed by atoms with Gasteiger partial charge in [0.05, 0.1) is 11.4 Å². The third-order valence-electron chi connectivity index (χ3n) is 3.41. The van der Waals surface area contributed by atoms with Crippen molar-refractivity contribution in [1.29, 1.82) is 0 Å². The summed E-state index contributed by atoms with van der Waals surface area (Å²) in [6, 6.07) is 6.06. The van der Waals surface area contributed by atoms with Crippen LogP contribution in [0.15, 0.2) is 63.5 Å². The lowest BCUT2D eigenvalue weighted by Gasteiger charge is -2.15. The summed E-state index contributed by atoms with van der Waals surface area (Å²) in [7, 11) is 4.02. The first-order chi connectivity index (χ1) is 9.38. The van der Waals surface area contributed by atoms with Crippen molar-refractivity contribution in [1.82, 2.24) is 0 Å². The average molecular weight is 284 g/mol. The van der Waals surface area contributed by atoms with Crippen LogP contribution in [-0.2, 0) is 0 Å². The van der Waals surface area contributed by atoms with Gasteiger partial charge in [0.25, 0.3) is 0 Å². The second-order valence-electron chi connectivity index (χ2n) is 5.24. The molecule has 3 heteroatoms. The molecule has 0 radical (unpaired) electrons. The molecular weight excluding hydrogens is 264 g/mol. The number of nitrogens with zero attached hydrogens (tertiary/aromatic N) is 2. The number of benzene rings is 1. The summed E-state index contributed by atoms with van der Waals surface area (Å²) in [6.07, 6.45) is 4.14. The van der Waals surface area contributed by atoms with Gasteiger partial charge in [0.15, 0.2) is 0 Å². The fourth-order valence-electron chi connectivity index (χ4n) is 1.98. The first-order valence-corrected chi connectivity index (χ1v) is 6.98. The van der Waals surface area contributed by atoms with Gasteiger partial charge in [-0.05, 0) is 54.8 Å². The number of anilines is 1. The van der Waals surface area contributed by atoms with Gasteiger partial charge in [0.1, 0.15) is 0 Å². The summed E-state index contributed by atoms with van der Waals surface area (Å²) in [4.78, 5) is 7.60. The molecule has 2 rings (SSSR count). The van der Waals surface area contributed by atoms with Gasteiger partial charge >= 0.3 is 0 Å². The van der Waals surface area contributed by atoms with Crippen LogP contribution in [0.2, 0.25) is 0 Å². The molecule has 1 aromatic carbocycles. The van der Waals surface area contributed by atoms with E-state index in [1.807, 2.05) is 37.2 Å². The van der Waals surface area contributed by atoms with E-state index in [9.17, 15) is 0 Å². The number of allylic oxidation sites excluding steroid dienone is 5. The number of aliphatic imine (C=N–C) groups is 1. The molecule has 1 aromatic rings. The topological polar surface area (TPSA) is 15.6 Å². The highest BCUT2D eigenvalue weighted by molar-refractivity contribution is 7.80. The zero-order valence-electron chi connectivity index (χ0n) is 12.4. The van der Waals surface area contributed by atoms with Crippen LogP contribution in [0.5, 0.6) is 0 Å². The molecule has 0 amide bonds. The highest BCUT2D eigenvalue weighted by Gasteiger charge is 2.10. The van der Waals surface area contributed by atoms with Gasteiger partial charge in [0.2, 0.25) is 0 Å². The minimum atomic E-state index is 0.868. The molecule has 2 nitrogen and oxygen atoms in total. The van der Waals surface area contributed by atoms with Crippen LogP contribution in [0.25, 0.3) is 0 Å². The zero-order valence-corrected chi connectivity index (χ0v) is 13.3. The van der Waals surface area contributed by atoms with Crippen molar-refractivity contribution in [2.24, 2.45) is 4.99 Å². The fourth-order valence-corrected chi connectivity index (χ4v) is 2.24. The van der Waals surface area contributed by atoms with Crippen molar-refractivity contribution in [3.8, 4) is 0 Å². The Morgan fingerprint density at radius 2 is 1.75 bits per heavy atom. The highest BCUT2D eigenvalue weighted by Crippen LogP contribution is 2.29. The van der Waals surface area contributed by atoms with E-state index in [0.29, 0.717) is 0 Å². The summed E-state index contributed by atoms with van der Waals surface area (Å²) >= 11 is 4.53. The van der Waals surface area contributed by atoms with Crippen LogP contribution in [0.1, 0.15) is 13.8 Å². The summed E-state index contributed by atoms with van der Waals surface area (Å²) in [5, 5.41) is 0. The van der Waals surface area contributed by atoms with Crippen LogP contribution in [0, 0.1) is 0 Å². The van der Waals surface area contributed by atoms with E-state index in [2.05, 4.69) is 50.2 Å². The first-order valence-electron chi connectivity index (χ1n) is 6.54. The van der Waals surface area contributed by atoms with E-state index < -0.39 is 0 Å². The SMILES string of the molecule is C=C1C=C(C)C(C)=C/C1=N/c1ccc(N(C)C)cc1S. The molecule has 0 aromatic heterocycles. The highest BCUT2D eigenvalue weighted by atomic mass is 32.1.